The molecular weight excluding hydrogens is 420 g/mol. The second-order valence-corrected chi connectivity index (χ2v) is 14.5. The number of benzene rings is 1. The van der Waals surface area contributed by atoms with Gasteiger partial charge in [0.1, 0.15) is 0 Å². The minimum absolute atomic E-state index is 0.227. The maximum absolute atomic E-state index is 9.79. The van der Waals surface area contributed by atoms with Crippen LogP contribution in [0.4, 0.5) is 0 Å². The van der Waals surface area contributed by atoms with Gasteiger partial charge in [0, 0.05) is 18.6 Å². The van der Waals surface area contributed by atoms with Gasteiger partial charge in [0.15, 0.2) is 0 Å². The molecule has 30 heavy (non-hydrogen) atoms. The molecule has 0 bridgehead atoms. The molecule has 2 rings (SSSR count). The zero-order valence-corrected chi connectivity index (χ0v) is 20.9. The van der Waals surface area contributed by atoms with Crippen molar-refractivity contribution in [3.63, 3.8) is 0 Å². The van der Waals surface area contributed by atoms with E-state index in [9.17, 15) is 5.21 Å². The monoisotopic (exact) mass is 452 g/mol. The Morgan fingerprint density at radius 1 is 1.17 bits per heavy atom. The van der Waals surface area contributed by atoms with Crippen LogP contribution in [-0.4, -0.2) is 41.6 Å². The van der Waals surface area contributed by atoms with Gasteiger partial charge in [-0.25, -0.2) is 4.63 Å². The van der Waals surface area contributed by atoms with E-state index in [1.807, 2.05) is 32.2 Å². The molecule has 1 N–H and O–H groups in total. The Kier molecular flexibility index (Phi) is 7.93. The van der Waals surface area contributed by atoms with Crippen LogP contribution in [0.15, 0.2) is 28.0 Å². The molecule has 0 aliphatic carbocycles. The maximum atomic E-state index is 9.79. The quantitative estimate of drug-likeness (QED) is 0.178. The minimum atomic E-state index is -2.28. The molecule has 166 valence electrons. The van der Waals surface area contributed by atoms with Crippen LogP contribution >= 0.6 is 11.6 Å². The van der Waals surface area contributed by atoms with E-state index in [2.05, 4.69) is 57.0 Å². The second-order valence-electron chi connectivity index (χ2n) is 8.69. The van der Waals surface area contributed by atoms with Crippen molar-refractivity contribution in [3.8, 4) is 5.88 Å². The van der Waals surface area contributed by atoms with Crippen LogP contribution in [0.5, 0.6) is 5.88 Å². The van der Waals surface area contributed by atoms with Crippen molar-refractivity contribution in [2.75, 3.05) is 7.05 Å². The van der Waals surface area contributed by atoms with Crippen LogP contribution in [0, 0.1) is 6.92 Å². The van der Waals surface area contributed by atoms with Gasteiger partial charge in [0.25, 0.3) is 14.2 Å². The highest BCUT2D eigenvalue weighted by Crippen LogP contribution is 2.43. The molecule has 0 fully saturated rings. The number of aromatic nitrogens is 2. The van der Waals surface area contributed by atoms with E-state index >= 15 is 0 Å². The molecule has 0 radical (unpaired) electrons. The van der Waals surface area contributed by atoms with Crippen LogP contribution in [0.25, 0.3) is 0 Å². The Bertz CT molecular complexity index is 861. The van der Waals surface area contributed by atoms with Gasteiger partial charge in [-0.15, -0.1) is 0 Å². The first kappa shape index (κ1) is 24.2. The largest absolute Gasteiger partial charge is 0.526 e. The van der Waals surface area contributed by atoms with Crippen LogP contribution in [-0.2, 0) is 6.54 Å². The van der Waals surface area contributed by atoms with Crippen molar-refractivity contribution < 1.29 is 14.3 Å². The normalized spacial score (nSPS) is 12.9. The number of rotatable bonds is 8. The average molecular weight is 453 g/mol. The first-order valence-corrected chi connectivity index (χ1v) is 12.8. The molecule has 0 spiro atoms. The van der Waals surface area contributed by atoms with Crippen molar-refractivity contribution in [1.82, 2.24) is 15.2 Å². The number of halogens is 1. The van der Waals surface area contributed by atoms with Crippen molar-refractivity contribution >= 4 is 25.8 Å². The van der Waals surface area contributed by atoms with Crippen LogP contribution in [0.1, 0.15) is 58.4 Å². The smallest absolute Gasteiger partial charge is 0.274 e. The average Bonchev–Trinajstić information content (AvgIpc) is 3.10. The third kappa shape index (κ3) is 4.80. The molecule has 0 amide bonds. The van der Waals surface area contributed by atoms with Gasteiger partial charge in [0.05, 0.1) is 0 Å². The summed E-state index contributed by atoms with van der Waals surface area (Å²) in [6.45, 7) is 15.6. The van der Waals surface area contributed by atoms with Gasteiger partial charge < -0.3 is 14.5 Å². The Morgan fingerprint density at radius 3 is 2.30 bits per heavy atom. The lowest BCUT2D eigenvalue weighted by molar-refractivity contribution is 0.289. The maximum Gasteiger partial charge on any atom is 0.274 e. The third-order valence-electron chi connectivity index (χ3n) is 5.83. The van der Waals surface area contributed by atoms with Crippen molar-refractivity contribution in [3.05, 3.63) is 40.0 Å². The molecule has 0 aliphatic rings. The summed E-state index contributed by atoms with van der Waals surface area (Å²) in [6.07, 6.45) is 0. The predicted octanol–water partition coefficient (Wildman–Crippen LogP) is 5.85. The predicted molar refractivity (Wildman–Crippen MR) is 122 cm³/mol. The summed E-state index contributed by atoms with van der Waals surface area (Å²) in [7, 11) is -0.471. The fourth-order valence-electron chi connectivity index (χ4n) is 4.35. The van der Waals surface area contributed by atoms with Gasteiger partial charge >= 0.3 is 0 Å². The molecule has 2 aromatic rings. The minimum Gasteiger partial charge on any atom is -0.526 e. The molecule has 0 saturated carbocycles. The number of hydrogen-bond donors (Lipinski definition) is 1. The van der Waals surface area contributed by atoms with Crippen LogP contribution in [0.2, 0.25) is 21.6 Å². The Balaban J connectivity index is 2.38. The van der Waals surface area contributed by atoms with E-state index in [0.717, 1.165) is 11.1 Å². The van der Waals surface area contributed by atoms with E-state index in [-0.39, 0.29) is 11.7 Å². The summed E-state index contributed by atoms with van der Waals surface area (Å²) in [5.74, 6) is 0.505. The lowest BCUT2D eigenvalue weighted by Crippen LogP contribution is -2.51. The fourth-order valence-corrected chi connectivity index (χ4v) is 9.72. The van der Waals surface area contributed by atoms with E-state index in [0.29, 0.717) is 33.9 Å². The molecule has 1 aromatic heterocycles. The Labute approximate surface area is 185 Å². The van der Waals surface area contributed by atoms with Crippen molar-refractivity contribution in [2.45, 2.75) is 71.6 Å². The van der Waals surface area contributed by atoms with E-state index in [4.69, 9.17) is 20.7 Å². The fraction of sp³-hybridized carbons (Fsp3) is 0.571. The molecule has 0 saturated heterocycles. The Hall–Kier alpha value is -2.06. The number of hydrogen-bond acceptors (Lipinski definition) is 6. The summed E-state index contributed by atoms with van der Waals surface area (Å²) in [4.78, 5) is 1.77. The van der Waals surface area contributed by atoms with E-state index in [1.165, 1.54) is 0 Å². The Morgan fingerprint density at radius 2 is 1.77 bits per heavy atom. The van der Waals surface area contributed by atoms with Crippen LogP contribution < -0.4 is 4.43 Å². The first-order chi connectivity index (χ1) is 14.0. The molecule has 0 aliphatic heterocycles. The molecule has 1 heterocycles. The van der Waals surface area contributed by atoms with Gasteiger partial charge in [-0.05, 0) is 57.1 Å². The highest BCUT2D eigenvalue weighted by molar-refractivity contribution is 6.78. The van der Waals surface area contributed by atoms with Gasteiger partial charge in [0.2, 0.25) is 11.5 Å². The highest BCUT2D eigenvalue weighted by atomic mass is 35.5. The second kappa shape index (κ2) is 9.83. The number of nitrogens with zero attached hydrogens (tertiary/aromatic N) is 4. The SMILES string of the molecule is Cc1ccc(Cl)cc1CN(C)C(=NO)c1nonc1O[Si](C(C)C)(C(C)C)C(C)C. The van der Waals surface area contributed by atoms with Gasteiger partial charge in [-0.1, -0.05) is 64.4 Å². The first-order valence-electron chi connectivity index (χ1n) is 10.2. The van der Waals surface area contributed by atoms with Crippen molar-refractivity contribution in [1.29, 1.82) is 0 Å². The molecule has 0 atom stereocenters. The molecular formula is C21H33ClN4O3Si. The summed E-state index contributed by atoms with van der Waals surface area (Å²) in [6, 6.07) is 5.71. The molecule has 1 aromatic carbocycles. The standard InChI is InChI=1S/C21H33ClN4O3Si/c1-13(2)30(14(3)4,15(5)6)28-21-19(24-29-25-21)20(23-27)26(8)12-17-11-18(22)10-9-16(17)7/h9-11,13-15,27H,12H2,1-8H3. The molecule has 7 nitrogen and oxygen atoms in total. The summed E-state index contributed by atoms with van der Waals surface area (Å²) in [5, 5.41) is 22.0. The molecule has 9 heteroatoms. The third-order valence-corrected chi connectivity index (χ3v) is 12.0. The highest BCUT2D eigenvalue weighted by Gasteiger charge is 2.48. The lowest BCUT2D eigenvalue weighted by atomic mass is 10.1. The molecule has 0 unspecified atom stereocenters. The zero-order valence-electron chi connectivity index (χ0n) is 19.1. The zero-order chi connectivity index (χ0) is 22.6. The summed E-state index contributed by atoms with van der Waals surface area (Å²) in [5.41, 5.74) is 3.44. The van der Waals surface area contributed by atoms with Gasteiger partial charge in [-0.3, -0.25) is 0 Å². The number of oxime groups is 1. The number of amidine groups is 1. The van der Waals surface area contributed by atoms with E-state index in [1.54, 1.807) is 4.90 Å². The summed E-state index contributed by atoms with van der Waals surface area (Å²) >= 11 is 6.15. The van der Waals surface area contributed by atoms with Crippen molar-refractivity contribution in [2.24, 2.45) is 5.16 Å². The lowest BCUT2D eigenvalue weighted by Gasteiger charge is -2.41. The van der Waals surface area contributed by atoms with Gasteiger partial charge in [-0.2, -0.15) is 0 Å². The van der Waals surface area contributed by atoms with E-state index < -0.39 is 8.32 Å². The summed E-state index contributed by atoms with van der Waals surface area (Å²) < 4.78 is 11.6. The topological polar surface area (TPSA) is 84.0 Å². The van der Waals surface area contributed by atoms with Crippen LogP contribution in [0.3, 0.4) is 0 Å². The number of aryl methyl sites for hydroxylation is 1.